The summed E-state index contributed by atoms with van der Waals surface area (Å²) in [6, 6.07) is 6.23. The quantitative estimate of drug-likeness (QED) is 0.452. The number of nitro groups is 1. The van der Waals surface area contributed by atoms with Gasteiger partial charge in [-0.3, -0.25) is 14.9 Å². The average molecular weight is 268 g/mol. The van der Waals surface area contributed by atoms with Crippen molar-refractivity contribution in [2.45, 2.75) is 18.7 Å². The summed E-state index contributed by atoms with van der Waals surface area (Å²) in [6.45, 7) is 5.29. The summed E-state index contributed by atoms with van der Waals surface area (Å²) in [5.74, 6) is 0.447. The molecule has 0 bridgehead atoms. The molecule has 6 heteroatoms. The molecule has 5 nitrogen and oxygen atoms in total. The van der Waals surface area contributed by atoms with Gasteiger partial charge in [-0.15, -0.1) is 11.8 Å². The second-order valence-corrected chi connectivity index (χ2v) is 4.65. The van der Waals surface area contributed by atoms with E-state index in [4.69, 9.17) is 0 Å². The van der Waals surface area contributed by atoms with E-state index >= 15 is 0 Å². The molecule has 0 unspecified atom stereocenters. The van der Waals surface area contributed by atoms with Crippen molar-refractivity contribution in [2.75, 3.05) is 18.8 Å². The van der Waals surface area contributed by atoms with Gasteiger partial charge in [0.05, 0.1) is 10.7 Å². The number of thioether (sulfide) groups is 1. The van der Waals surface area contributed by atoms with Crippen LogP contribution in [0.15, 0.2) is 29.2 Å². The van der Waals surface area contributed by atoms with Crippen LogP contribution in [0.25, 0.3) is 0 Å². The van der Waals surface area contributed by atoms with Crippen LogP contribution in [0.5, 0.6) is 0 Å². The predicted molar refractivity (Wildman–Crippen MR) is 71.7 cm³/mol. The normalized spacial score (nSPS) is 10.1. The van der Waals surface area contributed by atoms with Crippen LogP contribution < -0.4 is 0 Å². The summed E-state index contributed by atoms with van der Waals surface area (Å²) in [4.78, 5) is 24.4. The van der Waals surface area contributed by atoms with Gasteiger partial charge in [-0.1, -0.05) is 0 Å². The lowest BCUT2D eigenvalue weighted by atomic mass is 10.3. The van der Waals surface area contributed by atoms with Crippen molar-refractivity contribution < 1.29 is 9.72 Å². The van der Waals surface area contributed by atoms with Gasteiger partial charge in [0.2, 0.25) is 5.91 Å². The molecule has 98 valence electrons. The van der Waals surface area contributed by atoms with Gasteiger partial charge >= 0.3 is 0 Å². The number of carbonyl (C=O) groups is 1. The molecule has 0 aromatic heterocycles. The summed E-state index contributed by atoms with van der Waals surface area (Å²) < 4.78 is 0. The summed E-state index contributed by atoms with van der Waals surface area (Å²) in [6.07, 6.45) is 0. The third-order valence-corrected chi connectivity index (χ3v) is 3.52. The van der Waals surface area contributed by atoms with Crippen LogP contribution in [0.4, 0.5) is 5.69 Å². The number of hydrogen-bond donors (Lipinski definition) is 0. The Bertz CT molecular complexity index is 416. The molecule has 0 aliphatic heterocycles. The lowest BCUT2D eigenvalue weighted by Gasteiger charge is -2.18. The van der Waals surface area contributed by atoms with E-state index in [2.05, 4.69) is 0 Å². The van der Waals surface area contributed by atoms with Crippen molar-refractivity contribution in [3.05, 3.63) is 34.4 Å². The molecule has 0 aliphatic rings. The van der Waals surface area contributed by atoms with Crippen LogP contribution in [-0.2, 0) is 4.79 Å². The second-order valence-electron chi connectivity index (χ2n) is 3.61. The molecule has 1 amide bonds. The molecule has 0 radical (unpaired) electrons. The smallest absolute Gasteiger partial charge is 0.269 e. The molecule has 0 spiro atoms. The van der Waals surface area contributed by atoms with Crippen LogP contribution in [0.3, 0.4) is 0 Å². The van der Waals surface area contributed by atoms with E-state index in [9.17, 15) is 14.9 Å². The van der Waals surface area contributed by atoms with E-state index in [0.717, 1.165) is 4.90 Å². The van der Waals surface area contributed by atoms with Gasteiger partial charge in [0.1, 0.15) is 0 Å². The Morgan fingerprint density at radius 1 is 1.28 bits per heavy atom. The third kappa shape index (κ3) is 4.03. The monoisotopic (exact) mass is 268 g/mol. The van der Waals surface area contributed by atoms with Crippen molar-refractivity contribution in [3.8, 4) is 0 Å². The van der Waals surface area contributed by atoms with Crippen LogP contribution in [0, 0.1) is 10.1 Å². The average Bonchev–Trinajstić information content (AvgIpc) is 2.38. The van der Waals surface area contributed by atoms with Crippen molar-refractivity contribution in [2.24, 2.45) is 0 Å². The van der Waals surface area contributed by atoms with Gasteiger partial charge < -0.3 is 4.90 Å². The SMILES string of the molecule is CCN(CC)C(=O)CSc1ccc([N+](=O)[O-])cc1. The first kappa shape index (κ1) is 14.5. The molecule has 0 fully saturated rings. The van der Waals surface area contributed by atoms with Crippen LogP contribution in [0.1, 0.15) is 13.8 Å². The fourth-order valence-corrected chi connectivity index (χ4v) is 2.28. The predicted octanol–water partition coefficient (Wildman–Crippen LogP) is 2.56. The minimum Gasteiger partial charge on any atom is -0.343 e. The maximum absolute atomic E-state index is 11.8. The fraction of sp³-hybridized carbons (Fsp3) is 0.417. The number of carbonyl (C=O) groups excluding carboxylic acids is 1. The Hall–Kier alpha value is -1.56. The molecule has 0 aliphatic carbocycles. The van der Waals surface area contributed by atoms with Crippen molar-refractivity contribution >= 4 is 23.4 Å². The van der Waals surface area contributed by atoms with Crippen LogP contribution in [-0.4, -0.2) is 34.6 Å². The fourth-order valence-electron chi connectivity index (χ4n) is 1.48. The Morgan fingerprint density at radius 3 is 2.28 bits per heavy atom. The number of nitrogens with zero attached hydrogens (tertiary/aromatic N) is 2. The van der Waals surface area contributed by atoms with E-state index in [1.54, 1.807) is 17.0 Å². The van der Waals surface area contributed by atoms with Crippen LogP contribution >= 0.6 is 11.8 Å². The molecular weight excluding hydrogens is 252 g/mol. The second kappa shape index (κ2) is 7.00. The largest absolute Gasteiger partial charge is 0.343 e. The minimum absolute atomic E-state index is 0.0643. The third-order valence-electron chi connectivity index (χ3n) is 2.53. The van der Waals surface area contributed by atoms with Gasteiger partial charge in [0, 0.05) is 30.1 Å². The van der Waals surface area contributed by atoms with E-state index in [1.165, 1.54) is 23.9 Å². The van der Waals surface area contributed by atoms with E-state index in [1.807, 2.05) is 13.8 Å². The zero-order valence-corrected chi connectivity index (χ0v) is 11.3. The standard InChI is InChI=1S/C12H16N2O3S/c1-3-13(4-2)12(15)9-18-11-7-5-10(6-8-11)14(16)17/h5-8H,3-4,9H2,1-2H3. The molecule has 18 heavy (non-hydrogen) atoms. The summed E-state index contributed by atoms with van der Waals surface area (Å²) in [5.41, 5.74) is 0.0643. The Labute approximate surface area is 110 Å². The number of benzene rings is 1. The van der Waals surface area contributed by atoms with E-state index in [0.29, 0.717) is 18.8 Å². The number of nitro benzene ring substituents is 1. The lowest BCUT2D eigenvalue weighted by molar-refractivity contribution is -0.384. The highest BCUT2D eigenvalue weighted by atomic mass is 32.2. The number of hydrogen-bond acceptors (Lipinski definition) is 4. The first-order valence-electron chi connectivity index (χ1n) is 5.73. The van der Waals surface area contributed by atoms with Crippen molar-refractivity contribution in [1.29, 1.82) is 0 Å². The van der Waals surface area contributed by atoms with Gasteiger partial charge in [-0.05, 0) is 26.0 Å². The molecule has 0 saturated heterocycles. The topological polar surface area (TPSA) is 63.5 Å². The van der Waals surface area contributed by atoms with Gasteiger partial charge in [0.25, 0.3) is 5.69 Å². The maximum atomic E-state index is 11.8. The zero-order valence-electron chi connectivity index (χ0n) is 10.5. The minimum atomic E-state index is -0.435. The van der Waals surface area contributed by atoms with Crippen molar-refractivity contribution in [1.82, 2.24) is 4.90 Å². The zero-order chi connectivity index (χ0) is 13.5. The molecule has 0 heterocycles. The summed E-state index contributed by atoms with van der Waals surface area (Å²) >= 11 is 1.39. The van der Waals surface area contributed by atoms with Crippen molar-refractivity contribution in [3.63, 3.8) is 0 Å². The maximum Gasteiger partial charge on any atom is 0.269 e. The highest BCUT2D eigenvalue weighted by Crippen LogP contribution is 2.21. The Morgan fingerprint density at radius 2 is 1.83 bits per heavy atom. The first-order valence-corrected chi connectivity index (χ1v) is 6.72. The van der Waals surface area contributed by atoms with Crippen LogP contribution in [0.2, 0.25) is 0 Å². The molecule has 0 atom stereocenters. The number of non-ortho nitro benzene ring substituents is 1. The van der Waals surface area contributed by atoms with Gasteiger partial charge in [-0.25, -0.2) is 0 Å². The van der Waals surface area contributed by atoms with Gasteiger partial charge in [0.15, 0.2) is 0 Å². The Kier molecular flexibility index (Phi) is 5.64. The number of amides is 1. The van der Waals surface area contributed by atoms with Gasteiger partial charge in [-0.2, -0.15) is 0 Å². The summed E-state index contributed by atoms with van der Waals surface area (Å²) in [5, 5.41) is 10.5. The highest BCUT2D eigenvalue weighted by Gasteiger charge is 2.10. The Balaban J connectivity index is 2.53. The van der Waals surface area contributed by atoms with E-state index < -0.39 is 4.92 Å². The highest BCUT2D eigenvalue weighted by molar-refractivity contribution is 8.00. The number of rotatable bonds is 6. The lowest BCUT2D eigenvalue weighted by Crippen LogP contribution is -2.31. The first-order chi connectivity index (χ1) is 8.58. The molecule has 0 N–H and O–H groups in total. The molecule has 1 aromatic rings. The molecular formula is C12H16N2O3S. The molecule has 0 saturated carbocycles. The molecule has 1 aromatic carbocycles. The van der Waals surface area contributed by atoms with E-state index in [-0.39, 0.29) is 11.6 Å². The summed E-state index contributed by atoms with van der Waals surface area (Å²) in [7, 11) is 0. The molecule has 1 rings (SSSR count).